The lowest BCUT2D eigenvalue weighted by atomic mass is 10.2. The van der Waals surface area contributed by atoms with Gasteiger partial charge in [-0.2, -0.15) is 0 Å². The largest absolute Gasteiger partial charge is 0.451 e. The summed E-state index contributed by atoms with van der Waals surface area (Å²) in [7, 11) is 1.69. The second-order valence-corrected chi connectivity index (χ2v) is 4.32. The molecular weight excluding hydrogens is 272 g/mol. The van der Waals surface area contributed by atoms with Crippen molar-refractivity contribution in [2.24, 2.45) is 7.05 Å². The van der Waals surface area contributed by atoms with E-state index in [1.165, 1.54) is 0 Å². The fraction of sp³-hybridized carbons (Fsp3) is 0.133. The number of carbonyl (C=O) groups is 3. The van der Waals surface area contributed by atoms with Crippen LogP contribution in [0.25, 0.3) is 0 Å². The van der Waals surface area contributed by atoms with Crippen LogP contribution in [-0.4, -0.2) is 29.0 Å². The molecule has 0 aliphatic carbocycles. The van der Waals surface area contributed by atoms with Crippen molar-refractivity contribution < 1.29 is 19.1 Å². The highest BCUT2D eigenvalue weighted by Crippen LogP contribution is 2.02. The van der Waals surface area contributed by atoms with Crippen LogP contribution in [0.15, 0.2) is 48.7 Å². The SMILES string of the molecule is Cn1cccc1C(=O)OCC(=O)NC(=O)c1ccccc1. The number of amides is 2. The summed E-state index contributed by atoms with van der Waals surface area (Å²) in [5.74, 6) is -1.83. The Bertz CT molecular complexity index is 661. The third-order valence-electron chi connectivity index (χ3n) is 2.78. The Morgan fingerprint density at radius 1 is 1.10 bits per heavy atom. The molecule has 2 amide bonds. The van der Waals surface area contributed by atoms with E-state index in [9.17, 15) is 14.4 Å². The number of nitrogens with one attached hydrogen (secondary N) is 1. The first-order valence-corrected chi connectivity index (χ1v) is 6.25. The van der Waals surface area contributed by atoms with E-state index in [1.807, 2.05) is 0 Å². The van der Waals surface area contributed by atoms with Crippen molar-refractivity contribution in [1.82, 2.24) is 9.88 Å². The van der Waals surface area contributed by atoms with Gasteiger partial charge in [0.25, 0.3) is 11.8 Å². The number of aryl methyl sites for hydroxylation is 1. The van der Waals surface area contributed by atoms with Crippen molar-refractivity contribution >= 4 is 17.8 Å². The fourth-order valence-electron chi connectivity index (χ4n) is 1.70. The van der Waals surface area contributed by atoms with Crippen LogP contribution in [0.2, 0.25) is 0 Å². The summed E-state index contributed by atoms with van der Waals surface area (Å²) < 4.78 is 6.42. The number of hydrogen-bond donors (Lipinski definition) is 1. The van der Waals surface area contributed by atoms with Gasteiger partial charge in [-0.25, -0.2) is 4.79 Å². The highest BCUT2D eigenvalue weighted by Gasteiger charge is 2.14. The van der Waals surface area contributed by atoms with Gasteiger partial charge in [0.2, 0.25) is 0 Å². The van der Waals surface area contributed by atoms with Gasteiger partial charge < -0.3 is 9.30 Å². The average Bonchev–Trinajstić information content (AvgIpc) is 2.92. The molecule has 0 fully saturated rings. The molecule has 0 atom stereocenters. The number of rotatable bonds is 4. The van der Waals surface area contributed by atoms with E-state index in [2.05, 4.69) is 5.32 Å². The Labute approximate surface area is 121 Å². The van der Waals surface area contributed by atoms with E-state index in [0.717, 1.165) is 0 Å². The molecule has 21 heavy (non-hydrogen) atoms. The first-order valence-electron chi connectivity index (χ1n) is 6.25. The Balaban J connectivity index is 1.84. The molecular formula is C15H14N2O4. The van der Waals surface area contributed by atoms with E-state index in [0.29, 0.717) is 11.3 Å². The Morgan fingerprint density at radius 2 is 1.81 bits per heavy atom. The number of ether oxygens (including phenoxy) is 1. The zero-order chi connectivity index (χ0) is 15.2. The van der Waals surface area contributed by atoms with Gasteiger partial charge in [-0.15, -0.1) is 0 Å². The Hall–Kier alpha value is -2.89. The normalized spacial score (nSPS) is 9.95. The second kappa shape index (κ2) is 6.51. The Morgan fingerprint density at radius 3 is 2.43 bits per heavy atom. The molecule has 0 aliphatic heterocycles. The van der Waals surface area contributed by atoms with Gasteiger partial charge in [-0.05, 0) is 24.3 Å². The molecule has 2 rings (SSSR count). The van der Waals surface area contributed by atoms with Crippen molar-refractivity contribution in [3.63, 3.8) is 0 Å². The summed E-state index contributed by atoms with van der Waals surface area (Å²) in [5.41, 5.74) is 0.691. The summed E-state index contributed by atoms with van der Waals surface area (Å²) in [4.78, 5) is 35.0. The van der Waals surface area contributed by atoms with E-state index >= 15 is 0 Å². The number of imide groups is 1. The lowest BCUT2D eigenvalue weighted by molar-refractivity contribution is -0.123. The number of benzene rings is 1. The van der Waals surface area contributed by atoms with Crippen LogP contribution in [0.5, 0.6) is 0 Å². The van der Waals surface area contributed by atoms with Crippen molar-refractivity contribution in [1.29, 1.82) is 0 Å². The van der Waals surface area contributed by atoms with Crippen LogP contribution >= 0.6 is 0 Å². The molecule has 0 unspecified atom stereocenters. The van der Waals surface area contributed by atoms with Gasteiger partial charge in [0.05, 0.1) is 0 Å². The zero-order valence-electron chi connectivity index (χ0n) is 11.4. The molecule has 0 saturated carbocycles. The second-order valence-electron chi connectivity index (χ2n) is 4.32. The minimum absolute atomic E-state index is 0.331. The maximum atomic E-state index is 11.7. The molecule has 0 saturated heterocycles. The average molecular weight is 286 g/mol. The first-order chi connectivity index (χ1) is 10.1. The minimum atomic E-state index is -0.675. The zero-order valence-corrected chi connectivity index (χ0v) is 11.4. The van der Waals surface area contributed by atoms with Gasteiger partial charge in [-0.3, -0.25) is 14.9 Å². The van der Waals surface area contributed by atoms with Crippen LogP contribution in [-0.2, 0) is 16.6 Å². The molecule has 108 valence electrons. The predicted octanol–water partition coefficient (Wildman–Crippen LogP) is 1.14. The first kappa shape index (κ1) is 14.5. The molecule has 0 bridgehead atoms. The van der Waals surface area contributed by atoms with Crippen LogP contribution in [0.1, 0.15) is 20.8 Å². The van der Waals surface area contributed by atoms with Crippen molar-refractivity contribution in [3.05, 3.63) is 59.9 Å². The predicted molar refractivity (Wildman–Crippen MR) is 74.6 cm³/mol. The van der Waals surface area contributed by atoms with Crippen LogP contribution in [0.4, 0.5) is 0 Å². The van der Waals surface area contributed by atoms with Gasteiger partial charge >= 0.3 is 5.97 Å². The summed E-state index contributed by atoms with van der Waals surface area (Å²) in [6.07, 6.45) is 1.69. The quantitative estimate of drug-likeness (QED) is 0.855. The lowest BCUT2D eigenvalue weighted by Gasteiger charge is -2.06. The number of hydrogen-bond acceptors (Lipinski definition) is 4. The molecule has 1 N–H and O–H groups in total. The summed E-state index contributed by atoms with van der Waals surface area (Å²) in [5, 5.41) is 2.15. The number of nitrogens with zero attached hydrogens (tertiary/aromatic N) is 1. The number of aromatic nitrogens is 1. The molecule has 1 heterocycles. The maximum absolute atomic E-state index is 11.7. The third-order valence-corrected chi connectivity index (χ3v) is 2.78. The fourth-order valence-corrected chi connectivity index (χ4v) is 1.70. The Kier molecular flexibility index (Phi) is 4.50. The molecule has 0 aliphatic rings. The van der Waals surface area contributed by atoms with Crippen LogP contribution in [0.3, 0.4) is 0 Å². The lowest BCUT2D eigenvalue weighted by Crippen LogP contribution is -2.34. The molecule has 1 aromatic heterocycles. The van der Waals surface area contributed by atoms with Gasteiger partial charge in [0.1, 0.15) is 5.69 Å². The van der Waals surface area contributed by atoms with Crippen molar-refractivity contribution in [3.8, 4) is 0 Å². The number of carbonyl (C=O) groups excluding carboxylic acids is 3. The molecule has 0 radical (unpaired) electrons. The standard InChI is InChI=1S/C15H14N2O4/c1-17-9-5-8-12(17)15(20)21-10-13(18)16-14(19)11-6-3-2-4-7-11/h2-9H,10H2,1H3,(H,16,18,19). The van der Waals surface area contributed by atoms with Gasteiger partial charge in [0, 0.05) is 18.8 Å². The van der Waals surface area contributed by atoms with Gasteiger partial charge in [-0.1, -0.05) is 18.2 Å². The van der Waals surface area contributed by atoms with Gasteiger partial charge in [0.15, 0.2) is 6.61 Å². The summed E-state index contributed by atoms with van der Waals surface area (Å²) >= 11 is 0. The van der Waals surface area contributed by atoms with Crippen LogP contribution < -0.4 is 5.32 Å². The van der Waals surface area contributed by atoms with Crippen molar-refractivity contribution in [2.75, 3.05) is 6.61 Å². The van der Waals surface area contributed by atoms with E-state index in [1.54, 1.807) is 60.3 Å². The van der Waals surface area contributed by atoms with Crippen molar-refractivity contribution in [2.45, 2.75) is 0 Å². The summed E-state index contributed by atoms with van der Waals surface area (Å²) in [6, 6.07) is 11.6. The summed E-state index contributed by atoms with van der Waals surface area (Å²) in [6.45, 7) is -0.511. The topological polar surface area (TPSA) is 77.4 Å². The number of esters is 1. The van der Waals surface area contributed by atoms with Crippen LogP contribution in [0, 0.1) is 0 Å². The third kappa shape index (κ3) is 3.79. The minimum Gasteiger partial charge on any atom is -0.451 e. The maximum Gasteiger partial charge on any atom is 0.355 e. The molecule has 0 spiro atoms. The molecule has 1 aromatic carbocycles. The smallest absolute Gasteiger partial charge is 0.355 e. The molecule has 2 aromatic rings. The monoisotopic (exact) mass is 286 g/mol. The molecule has 6 nitrogen and oxygen atoms in total. The highest BCUT2D eigenvalue weighted by atomic mass is 16.5. The van der Waals surface area contributed by atoms with E-state index < -0.39 is 24.4 Å². The van der Waals surface area contributed by atoms with E-state index in [-0.39, 0.29) is 0 Å². The molecule has 6 heteroatoms. The van der Waals surface area contributed by atoms with E-state index in [4.69, 9.17) is 4.74 Å². The highest BCUT2D eigenvalue weighted by molar-refractivity contribution is 6.05.